The van der Waals surface area contributed by atoms with Crippen LogP contribution in [0, 0.1) is 0 Å². The molecule has 0 unspecified atom stereocenters. The van der Waals surface area contributed by atoms with Gasteiger partial charge in [-0.15, -0.1) is 0 Å². The van der Waals surface area contributed by atoms with Crippen molar-refractivity contribution in [2.45, 2.75) is 11.9 Å². The molecule has 0 aliphatic heterocycles. The molecular formula is C16H15BrN2O. The van der Waals surface area contributed by atoms with Crippen LogP contribution in [0.25, 0.3) is 10.8 Å². The van der Waals surface area contributed by atoms with Gasteiger partial charge < -0.3 is 4.74 Å². The van der Waals surface area contributed by atoms with Crippen LogP contribution in [-0.4, -0.2) is 9.78 Å². The zero-order valence-corrected chi connectivity index (χ0v) is 12.8. The fourth-order valence-electron chi connectivity index (χ4n) is 2.28. The molecular weight excluding hydrogens is 316 g/mol. The van der Waals surface area contributed by atoms with Crippen LogP contribution in [-0.2, 0) is 19.0 Å². The van der Waals surface area contributed by atoms with Crippen LogP contribution in [0.4, 0.5) is 0 Å². The maximum Gasteiger partial charge on any atom is 0.132 e. The fraction of sp³-hybridized carbons (Fsp3) is 0.188. The minimum Gasteiger partial charge on any atom is -0.487 e. The van der Waals surface area contributed by atoms with Crippen molar-refractivity contribution in [2.75, 3.05) is 0 Å². The highest BCUT2D eigenvalue weighted by Gasteiger charge is 2.08. The molecule has 0 aliphatic carbocycles. The Labute approximate surface area is 126 Å². The van der Waals surface area contributed by atoms with E-state index in [1.54, 1.807) is 4.68 Å². The number of fused-ring (bicyclic) bond motifs is 1. The number of halogens is 1. The molecule has 3 rings (SSSR count). The molecule has 0 spiro atoms. The van der Waals surface area contributed by atoms with Crippen LogP contribution in [0.1, 0.15) is 11.3 Å². The van der Waals surface area contributed by atoms with Gasteiger partial charge in [-0.25, -0.2) is 0 Å². The van der Waals surface area contributed by atoms with Crippen molar-refractivity contribution in [1.82, 2.24) is 9.78 Å². The van der Waals surface area contributed by atoms with Gasteiger partial charge in [0.1, 0.15) is 12.4 Å². The lowest BCUT2D eigenvalue weighted by atomic mass is 10.0. The van der Waals surface area contributed by atoms with E-state index < -0.39 is 0 Å². The van der Waals surface area contributed by atoms with E-state index >= 15 is 0 Å². The molecule has 20 heavy (non-hydrogen) atoms. The highest BCUT2D eigenvalue weighted by molar-refractivity contribution is 9.08. The summed E-state index contributed by atoms with van der Waals surface area (Å²) in [5, 5.41) is 7.55. The molecule has 0 bridgehead atoms. The Morgan fingerprint density at radius 2 is 2.00 bits per heavy atom. The summed E-state index contributed by atoms with van der Waals surface area (Å²) in [5.41, 5.74) is 2.11. The molecule has 0 aliphatic rings. The second-order valence-electron chi connectivity index (χ2n) is 4.67. The van der Waals surface area contributed by atoms with Gasteiger partial charge >= 0.3 is 0 Å². The Kier molecular flexibility index (Phi) is 3.74. The van der Waals surface area contributed by atoms with Crippen molar-refractivity contribution in [3.8, 4) is 5.75 Å². The van der Waals surface area contributed by atoms with E-state index in [9.17, 15) is 0 Å². The van der Waals surface area contributed by atoms with Crippen LogP contribution >= 0.6 is 15.9 Å². The molecule has 3 aromatic rings. The molecule has 0 saturated heterocycles. The first kappa shape index (κ1) is 13.2. The quantitative estimate of drug-likeness (QED) is 0.675. The smallest absolute Gasteiger partial charge is 0.132 e. The minimum atomic E-state index is 0.485. The first-order valence-corrected chi connectivity index (χ1v) is 7.58. The summed E-state index contributed by atoms with van der Waals surface area (Å²) in [6.07, 6.45) is 1.92. The second kappa shape index (κ2) is 5.67. The van der Waals surface area contributed by atoms with Gasteiger partial charge in [0.25, 0.3) is 0 Å². The number of hydrogen-bond donors (Lipinski definition) is 0. The van der Waals surface area contributed by atoms with Gasteiger partial charge in [0.2, 0.25) is 0 Å². The first-order chi connectivity index (χ1) is 9.78. The van der Waals surface area contributed by atoms with Gasteiger partial charge in [-0.1, -0.05) is 46.3 Å². The second-order valence-corrected chi connectivity index (χ2v) is 5.23. The summed E-state index contributed by atoms with van der Waals surface area (Å²) in [7, 11) is 1.91. The number of ether oxygens (including phenoxy) is 1. The molecule has 0 amide bonds. The Hall–Kier alpha value is -1.81. The molecule has 0 atom stereocenters. The van der Waals surface area contributed by atoms with Gasteiger partial charge in [0.05, 0.1) is 5.69 Å². The highest BCUT2D eigenvalue weighted by atomic mass is 79.9. The highest BCUT2D eigenvalue weighted by Crippen LogP contribution is 2.30. The Bertz CT molecular complexity index is 736. The Balaban J connectivity index is 1.91. The zero-order valence-electron chi connectivity index (χ0n) is 11.2. The predicted molar refractivity (Wildman–Crippen MR) is 84.1 cm³/mol. The molecule has 3 nitrogen and oxygen atoms in total. The van der Waals surface area contributed by atoms with E-state index in [2.05, 4.69) is 51.4 Å². The third kappa shape index (κ3) is 2.56. The van der Waals surface area contributed by atoms with Gasteiger partial charge in [-0.2, -0.15) is 5.10 Å². The lowest BCUT2D eigenvalue weighted by Gasteiger charge is -2.12. The third-order valence-electron chi connectivity index (χ3n) is 3.28. The number of alkyl halides is 1. The van der Waals surface area contributed by atoms with Crippen LogP contribution in [0.5, 0.6) is 5.75 Å². The summed E-state index contributed by atoms with van der Waals surface area (Å²) in [5.74, 6) is 0.909. The number of rotatable bonds is 4. The molecule has 1 heterocycles. The number of nitrogens with zero attached hydrogens (tertiary/aromatic N) is 2. The summed E-state index contributed by atoms with van der Waals surface area (Å²) in [4.78, 5) is 0. The minimum absolute atomic E-state index is 0.485. The molecule has 102 valence electrons. The van der Waals surface area contributed by atoms with E-state index in [1.165, 1.54) is 16.3 Å². The average molecular weight is 331 g/mol. The molecule has 2 aromatic carbocycles. The van der Waals surface area contributed by atoms with Gasteiger partial charge in [-0.05, 0) is 22.9 Å². The lowest BCUT2D eigenvalue weighted by molar-refractivity contribution is 0.298. The standard InChI is InChI=1S/C16H15BrN2O/c1-19-9-8-13(18-19)11-20-16-7-6-12-4-2-3-5-14(12)15(16)10-17/h2-9H,10-11H2,1H3. The van der Waals surface area contributed by atoms with Crippen LogP contribution in [0.2, 0.25) is 0 Å². The van der Waals surface area contributed by atoms with Gasteiger partial charge in [-0.3, -0.25) is 4.68 Å². The summed E-state index contributed by atoms with van der Waals surface area (Å²) >= 11 is 3.56. The number of hydrogen-bond acceptors (Lipinski definition) is 2. The topological polar surface area (TPSA) is 27.1 Å². The molecule has 4 heteroatoms. The van der Waals surface area contributed by atoms with Crippen molar-refractivity contribution < 1.29 is 4.74 Å². The summed E-state index contributed by atoms with van der Waals surface area (Å²) in [6, 6.07) is 14.4. The van der Waals surface area contributed by atoms with E-state index in [4.69, 9.17) is 4.74 Å². The first-order valence-electron chi connectivity index (χ1n) is 6.46. The average Bonchev–Trinajstić information content (AvgIpc) is 2.90. The van der Waals surface area contributed by atoms with E-state index in [-0.39, 0.29) is 0 Å². The summed E-state index contributed by atoms with van der Waals surface area (Å²) in [6.45, 7) is 0.485. The van der Waals surface area contributed by atoms with Crippen LogP contribution < -0.4 is 4.74 Å². The van der Waals surface area contributed by atoms with Crippen LogP contribution in [0.15, 0.2) is 48.7 Å². The largest absolute Gasteiger partial charge is 0.487 e. The SMILES string of the molecule is Cn1ccc(COc2ccc3ccccc3c2CBr)n1. The number of benzene rings is 2. The predicted octanol–water partition coefficient (Wildman–Crippen LogP) is 4.05. The van der Waals surface area contributed by atoms with Crippen molar-refractivity contribution >= 4 is 26.7 Å². The fourth-order valence-corrected chi connectivity index (χ4v) is 2.86. The third-order valence-corrected chi connectivity index (χ3v) is 3.84. The Morgan fingerprint density at radius 1 is 1.15 bits per heavy atom. The van der Waals surface area contributed by atoms with Gasteiger partial charge in [0.15, 0.2) is 0 Å². The maximum atomic E-state index is 5.93. The molecule has 0 radical (unpaired) electrons. The van der Waals surface area contributed by atoms with E-state index in [1.807, 2.05) is 25.4 Å². The normalized spacial score (nSPS) is 10.9. The Morgan fingerprint density at radius 3 is 2.75 bits per heavy atom. The van der Waals surface area contributed by atoms with Gasteiger partial charge in [0, 0.05) is 24.1 Å². The zero-order chi connectivity index (χ0) is 13.9. The molecule has 1 aromatic heterocycles. The maximum absolute atomic E-state index is 5.93. The molecule has 0 fully saturated rings. The lowest BCUT2D eigenvalue weighted by Crippen LogP contribution is -2.00. The monoisotopic (exact) mass is 330 g/mol. The van der Waals surface area contributed by atoms with E-state index in [0.29, 0.717) is 6.61 Å². The van der Waals surface area contributed by atoms with Crippen molar-refractivity contribution in [3.63, 3.8) is 0 Å². The van der Waals surface area contributed by atoms with Crippen LogP contribution in [0.3, 0.4) is 0 Å². The number of aryl methyl sites for hydroxylation is 1. The van der Waals surface area contributed by atoms with Crippen molar-refractivity contribution in [2.24, 2.45) is 7.05 Å². The molecule has 0 N–H and O–H groups in total. The summed E-state index contributed by atoms with van der Waals surface area (Å²) < 4.78 is 7.71. The number of aromatic nitrogens is 2. The van der Waals surface area contributed by atoms with Crippen molar-refractivity contribution in [1.29, 1.82) is 0 Å². The molecule has 0 saturated carbocycles. The van der Waals surface area contributed by atoms with E-state index in [0.717, 1.165) is 16.8 Å². The van der Waals surface area contributed by atoms with Crippen molar-refractivity contribution in [3.05, 3.63) is 59.9 Å².